The molecule has 4 heteroatoms. The molecule has 1 fully saturated rings. The maximum atomic E-state index is 6.45. The summed E-state index contributed by atoms with van der Waals surface area (Å²) in [6.07, 6.45) is 7.80. The van der Waals surface area contributed by atoms with E-state index in [4.69, 9.17) is 14.2 Å². The third kappa shape index (κ3) is 4.34. The summed E-state index contributed by atoms with van der Waals surface area (Å²) in [5, 5.41) is 3.39. The van der Waals surface area contributed by atoms with E-state index in [1.54, 1.807) is 7.11 Å². The zero-order chi connectivity index (χ0) is 18.6. The van der Waals surface area contributed by atoms with E-state index >= 15 is 0 Å². The molecule has 0 spiro atoms. The van der Waals surface area contributed by atoms with E-state index in [0.29, 0.717) is 0 Å². The van der Waals surface area contributed by atoms with Crippen LogP contribution in [0.4, 0.5) is 5.69 Å². The summed E-state index contributed by atoms with van der Waals surface area (Å²) in [6, 6.07) is 6.29. The molecule has 1 N–H and O–H groups in total. The number of benzene rings is 1. The van der Waals surface area contributed by atoms with Gasteiger partial charge in [0.2, 0.25) is 0 Å². The molecule has 1 aliphatic carbocycles. The van der Waals surface area contributed by atoms with Crippen LogP contribution in [-0.2, 0) is 9.47 Å². The highest BCUT2D eigenvalue weighted by Crippen LogP contribution is 2.44. The Balaban J connectivity index is 1.76. The Bertz CT molecular complexity index is 581. The third-order valence-corrected chi connectivity index (χ3v) is 5.83. The van der Waals surface area contributed by atoms with Crippen molar-refractivity contribution in [2.75, 3.05) is 25.6 Å². The van der Waals surface area contributed by atoms with Crippen LogP contribution in [0.1, 0.15) is 71.0 Å². The van der Waals surface area contributed by atoms with Crippen LogP contribution in [-0.4, -0.2) is 32.0 Å². The highest BCUT2D eigenvalue weighted by molar-refractivity contribution is 5.53. The monoisotopic (exact) mass is 361 g/mol. The van der Waals surface area contributed by atoms with E-state index in [1.807, 2.05) is 0 Å². The molecule has 26 heavy (non-hydrogen) atoms. The van der Waals surface area contributed by atoms with Crippen molar-refractivity contribution >= 4 is 5.69 Å². The number of hydrogen-bond acceptors (Lipinski definition) is 4. The van der Waals surface area contributed by atoms with E-state index in [-0.39, 0.29) is 12.2 Å². The van der Waals surface area contributed by atoms with Gasteiger partial charge in [-0.15, -0.1) is 0 Å². The quantitative estimate of drug-likeness (QED) is 0.712. The second kappa shape index (κ2) is 8.62. The van der Waals surface area contributed by atoms with Gasteiger partial charge in [-0.3, -0.25) is 0 Å². The summed E-state index contributed by atoms with van der Waals surface area (Å²) in [5.74, 6) is 1.73. The number of methoxy groups -OCH3 is 1. The fourth-order valence-corrected chi connectivity index (χ4v) is 4.47. The van der Waals surface area contributed by atoms with Gasteiger partial charge in [0.25, 0.3) is 0 Å². The summed E-state index contributed by atoms with van der Waals surface area (Å²) in [7, 11) is 1.76. The molecule has 1 saturated carbocycles. The average Bonchev–Trinajstić information content (AvgIpc) is 2.62. The summed E-state index contributed by atoms with van der Waals surface area (Å²) < 4.78 is 18.5. The molecule has 2 aliphatic rings. The van der Waals surface area contributed by atoms with E-state index < -0.39 is 5.60 Å². The molecular formula is C22H35NO3. The number of hydrogen-bond donors (Lipinski definition) is 1. The molecule has 146 valence electrons. The number of anilines is 1. The molecule has 0 aromatic heterocycles. The van der Waals surface area contributed by atoms with Crippen LogP contribution in [0.5, 0.6) is 5.75 Å². The normalized spacial score (nSPS) is 25.4. The molecule has 3 rings (SSSR count). The second-order valence-electron chi connectivity index (χ2n) is 8.23. The van der Waals surface area contributed by atoms with Crippen LogP contribution in [0.2, 0.25) is 0 Å². The lowest BCUT2D eigenvalue weighted by Crippen LogP contribution is -2.50. The number of nitrogens with one attached hydrogen (secondary N) is 1. The fraction of sp³-hybridized carbons (Fsp3) is 0.727. The SMILES string of the molecule is CCNc1ccc2c(c1)C(OCCC1CCCCC1)C(OC)C(C)(C)O2. The van der Waals surface area contributed by atoms with E-state index in [0.717, 1.165) is 42.5 Å². The minimum absolute atomic E-state index is 0.0963. The van der Waals surface area contributed by atoms with Gasteiger partial charge < -0.3 is 19.5 Å². The zero-order valence-corrected chi connectivity index (χ0v) is 16.8. The number of fused-ring (bicyclic) bond motifs is 1. The predicted octanol–water partition coefficient (Wildman–Crippen LogP) is 5.33. The summed E-state index contributed by atoms with van der Waals surface area (Å²) >= 11 is 0. The van der Waals surface area contributed by atoms with Gasteiger partial charge >= 0.3 is 0 Å². The summed E-state index contributed by atoms with van der Waals surface area (Å²) in [4.78, 5) is 0. The lowest BCUT2D eigenvalue weighted by atomic mass is 9.86. The minimum atomic E-state index is -0.420. The van der Waals surface area contributed by atoms with Crippen molar-refractivity contribution in [3.05, 3.63) is 23.8 Å². The standard InChI is InChI=1S/C22H35NO3/c1-5-23-17-11-12-19-18(15-17)20(21(24-4)22(2,3)26-19)25-14-13-16-9-7-6-8-10-16/h11-12,15-16,20-21,23H,5-10,13-14H2,1-4H3. The number of ether oxygens (including phenoxy) is 3. The first-order chi connectivity index (χ1) is 12.5. The first kappa shape index (κ1) is 19.5. The second-order valence-corrected chi connectivity index (χ2v) is 8.23. The predicted molar refractivity (Wildman–Crippen MR) is 106 cm³/mol. The highest BCUT2D eigenvalue weighted by atomic mass is 16.6. The maximum absolute atomic E-state index is 6.45. The molecule has 1 aromatic carbocycles. The molecular weight excluding hydrogens is 326 g/mol. The van der Waals surface area contributed by atoms with Crippen LogP contribution in [0.25, 0.3) is 0 Å². The van der Waals surface area contributed by atoms with Gasteiger partial charge in [0.15, 0.2) is 0 Å². The van der Waals surface area contributed by atoms with Crippen molar-refractivity contribution in [3.8, 4) is 5.75 Å². The third-order valence-electron chi connectivity index (χ3n) is 5.83. The lowest BCUT2D eigenvalue weighted by molar-refractivity contribution is -0.151. The summed E-state index contributed by atoms with van der Waals surface area (Å²) in [5.41, 5.74) is 1.78. The molecule has 1 aliphatic heterocycles. The van der Waals surface area contributed by atoms with Crippen molar-refractivity contribution < 1.29 is 14.2 Å². The van der Waals surface area contributed by atoms with Gasteiger partial charge in [-0.2, -0.15) is 0 Å². The van der Waals surface area contributed by atoms with Gasteiger partial charge in [-0.1, -0.05) is 32.1 Å². The van der Waals surface area contributed by atoms with Crippen LogP contribution >= 0.6 is 0 Å². The van der Waals surface area contributed by atoms with Crippen molar-refractivity contribution in [1.82, 2.24) is 0 Å². The van der Waals surface area contributed by atoms with Gasteiger partial charge in [0.1, 0.15) is 23.6 Å². The Kier molecular flexibility index (Phi) is 6.46. The highest BCUT2D eigenvalue weighted by Gasteiger charge is 2.45. The van der Waals surface area contributed by atoms with Crippen LogP contribution in [0.3, 0.4) is 0 Å². The van der Waals surface area contributed by atoms with Crippen LogP contribution in [0.15, 0.2) is 18.2 Å². The first-order valence-corrected chi connectivity index (χ1v) is 10.3. The topological polar surface area (TPSA) is 39.7 Å². The molecule has 0 radical (unpaired) electrons. The van der Waals surface area contributed by atoms with Gasteiger partial charge in [0.05, 0.1) is 0 Å². The van der Waals surface area contributed by atoms with Gasteiger partial charge in [-0.05, 0) is 51.3 Å². The minimum Gasteiger partial charge on any atom is -0.485 e. The molecule has 0 bridgehead atoms. The Morgan fingerprint density at radius 2 is 1.96 bits per heavy atom. The largest absolute Gasteiger partial charge is 0.485 e. The molecule has 1 heterocycles. The van der Waals surface area contributed by atoms with Crippen molar-refractivity contribution in [2.24, 2.45) is 5.92 Å². The molecule has 2 unspecified atom stereocenters. The number of rotatable bonds is 7. The lowest BCUT2D eigenvalue weighted by Gasteiger charge is -2.44. The van der Waals surface area contributed by atoms with Crippen LogP contribution < -0.4 is 10.1 Å². The summed E-state index contributed by atoms with van der Waals surface area (Å²) in [6.45, 7) is 7.96. The van der Waals surface area contributed by atoms with E-state index in [2.05, 4.69) is 44.3 Å². The van der Waals surface area contributed by atoms with Crippen molar-refractivity contribution in [3.63, 3.8) is 0 Å². The molecule has 2 atom stereocenters. The van der Waals surface area contributed by atoms with Gasteiger partial charge in [-0.25, -0.2) is 0 Å². The van der Waals surface area contributed by atoms with Gasteiger partial charge in [0, 0.05) is 31.5 Å². The molecule has 4 nitrogen and oxygen atoms in total. The zero-order valence-electron chi connectivity index (χ0n) is 16.8. The fourth-order valence-electron chi connectivity index (χ4n) is 4.47. The smallest absolute Gasteiger partial charge is 0.132 e. The first-order valence-electron chi connectivity index (χ1n) is 10.3. The van der Waals surface area contributed by atoms with E-state index in [9.17, 15) is 0 Å². The Morgan fingerprint density at radius 3 is 2.65 bits per heavy atom. The van der Waals surface area contributed by atoms with Crippen molar-refractivity contribution in [1.29, 1.82) is 0 Å². The van der Waals surface area contributed by atoms with E-state index in [1.165, 1.54) is 32.1 Å². The Morgan fingerprint density at radius 1 is 1.19 bits per heavy atom. The molecule has 0 saturated heterocycles. The Labute approximate surface area is 158 Å². The maximum Gasteiger partial charge on any atom is 0.132 e. The molecule has 0 amide bonds. The molecule has 1 aromatic rings. The van der Waals surface area contributed by atoms with Crippen LogP contribution in [0, 0.1) is 5.92 Å². The average molecular weight is 362 g/mol. The van der Waals surface area contributed by atoms with Crippen molar-refractivity contribution in [2.45, 2.75) is 77.1 Å². The Hall–Kier alpha value is -1.26.